The molecule has 0 radical (unpaired) electrons. The van der Waals surface area contributed by atoms with E-state index in [1.54, 1.807) is 13.2 Å². The van der Waals surface area contributed by atoms with Gasteiger partial charge in [-0.3, -0.25) is 4.79 Å². The molecule has 35 heavy (non-hydrogen) atoms. The predicted molar refractivity (Wildman–Crippen MR) is 139 cm³/mol. The first-order valence-corrected chi connectivity index (χ1v) is 14.3. The molecule has 0 unspecified atom stereocenters. The zero-order chi connectivity index (χ0) is 24.8. The third kappa shape index (κ3) is 6.60. The average Bonchev–Trinajstić information content (AvgIpc) is 3.48. The summed E-state index contributed by atoms with van der Waals surface area (Å²) in [5.74, 6) is -0.217. The van der Waals surface area contributed by atoms with Crippen molar-refractivity contribution in [1.29, 1.82) is 0 Å². The Labute approximate surface area is 214 Å². The third-order valence-corrected chi connectivity index (χ3v) is 8.81. The van der Waals surface area contributed by atoms with Crippen molar-refractivity contribution < 1.29 is 23.8 Å². The van der Waals surface area contributed by atoms with Crippen LogP contribution in [0.15, 0.2) is 36.0 Å². The summed E-state index contributed by atoms with van der Waals surface area (Å²) in [6.07, 6.45) is 18.8. The molecule has 0 N–H and O–H groups in total. The van der Waals surface area contributed by atoms with Crippen molar-refractivity contribution in [2.24, 2.45) is 5.92 Å². The van der Waals surface area contributed by atoms with Crippen LogP contribution in [0.25, 0.3) is 0 Å². The van der Waals surface area contributed by atoms with Gasteiger partial charge in [0.25, 0.3) is 5.24 Å². The van der Waals surface area contributed by atoms with E-state index in [0.717, 1.165) is 56.9 Å². The molecule has 7 heteroatoms. The lowest BCUT2D eigenvalue weighted by Crippen LogP contribution is -2.62. The number of fused-ring (bicyclic) bond motifs is 2. The molecule has 0 aromatic heterocycles. The maximum absolute atomic E-state index is 13.0. The maximum Gasteiger partial charge on any atom is 0.330 e. The van der Waals surface area contributed by atoms with Gasteiger partial charge in [0.1, 0.15) is 6.10 Å². The summed E-state index contributed by atoms with van der Waals surface area (Å²) in [4.78, 5) is 27.8. The smallest absolute Gasteiger partial charge is 0.330 e. The summed E-state index contributed by atoms with van der Waals surface area (Å²) in [6, 6.07) is 0.0660. The predicted octanol–water partition coefficient (Wildman–Crippen LogP) is 6.17. The minimum atomic E-state index is -0.971. The summed E-state index contributed by atoms with van der Waals surface area (Å²) in [5.41, 5.74) is 1.01. The number of amides is 1. The van der Waals surface area contributed by atoms with Crippen molar-refractivity contribution >= 4 is 23.0 Å². The van der Waals surface area contributed by atoms with Gasteiger partial charge in [0.15, 0.2) is 5.79 Å². The summed E-state index contributed by atoms with van der Waals surface area (Å²) in [5, 5.41) is 0.123. The van der Waals surface area contributed by atoms with Crippen molar-refractivity contribution in [3.05, 3.63) is 36.0 Å². The van der Waals surface area contributed by atoms with E-state index < -0.39 is 5.79 Å². The molecule has 1 amide bonds. The van der Waals surface area contributed by atoms with Crippen molar-refractivity contribution in [2.45, 2.75) is 108 Å². The van der Waals surface area contributed by atoms with Crippen LogP contribution in [0.5, 0.6) is 0 Å². The van der Waals surface area contributed by atoms with Crippen LogP contribution >= 0.6 is 11.8 Å². The molecule has 5 atom stereocenters. The zero-order valence-corrected chi connectivity index (χ0v) is 22.3. The number of hydrogen-bond acceptors (Lipinski definition) is 6. The molecule has 3 aliphatic heterocycles. The van der Waals surface area contributed by atoms with Gasteiger partial charge in [0.05, 0.1) is 12.1 Å². The summed E-state index contributed by atoms with van der Waals surface area (Å²) < 4.78 is 18.9. The average molecular weight is 504 g/mol. The number of esters is 1. The van der Waals surface area contributed by atoms with Crippen molar-refractivity contribution in [3.63, 3.8) is 0 Å². The van der Waals surface area contributed by atoms with Crippen LogP contribution in [0, 0.1) is 5.92 Å². The van der Waals surface area contributed by atoms with E-state index in [9.17, 15) is 9.59 Å². The number of methoxy groups -OCH3 is 1. The molecule has 3 heterocycles. The third-order valence-electron chi connectivity index (χ3n) is 7.87. The van der Waals surface area contributed by atoms with Gasteiger partial charge in [0.2, 0.25) is 0 Å². The summed E-state index contributed by atoms with van der Waals surface area (Å²) in [7, 11) is 1.68. The number of carbonyl (C=O) groups is 2. The standard InChI is InChI=1S/C28H41NO5S/c1-20-10-6-4-5-7-11-21(2)16-26(30)33-24-17-23(15-14-20)34-28(18-24,32-3)25-19-35-27(31)29(25)22-12-8-9-13-22/h4-6,10,16,20,22-25H,7-9,11-15,17-19H2,1-3H3/b5-4+,10-6-,21-16-/t20-,23-,24-,25+,28-/m1/s1. The van der Waals surface area contributed by atoms with Crippen LogP contribution in [0.2, 0.25) is 0 Å². The fourth-order valence-electron chi connectivity index (χ4n) is 5.93. The van der Waals surface area contributed by atoms with E-state index >= 15 is 0 Å². The number of rotatable bonds is 3. The topological polar surface area (TPSA) is 65.1 Å². The largest absolute Gasteiger partial charge is 0.459 e. The van der Waals surface area contributed by atoms with Crippen LogP contribution in [0.1, 0.15) is 78.1 Å². The highest BCUT2D eigenvalue weighted by Gasteiger charge is 2.55. The van der Waals surface area contributed by atoms with Crippen LogP contribution < -0.4 is 0 Å². The number of thioether (sulfide) groups is 1. The Morgan fingerprint density at radius 1 is 1.11 bits per heavy atom. The molecule has 6 nitrogen and oxygen atoms in total. The van der Waals surface area contributed by atoms with E-state index in [1.807, 2.05) is 11.8 Å². The summed E-state index contributed by atoms with van der Waals surface area (Å²) in [6.45, 7) is 4.20. The van der Waals surface area contributed by atoms with Gasteiger partial charge in [-0.2, -0.15) is 0 Å². The fourth-order valence-corrected chi connectivity index (χ4v) is 7.07. The number of allylic oxidation sites excluding steroid dienone is 5. The Bertz CT molecular complexity index is 848. The van der Waals surface area contributed by atoms with Gasteiger partial charge >= 0.3 is 5.97 Å². The molecule has 194 valence electrons. The first kappa shape index (κ1) is 26.5. The van der Waals surface area contributed by atoms with E-state index in [0.29, 0.717) is 24.5 Å². The minimum absolute atomic E-state index is 0.1000. The molecule has 4 aliphatic rings. The Hall–Kier alpha value is -1.57. The highest BCUT2D eigenvalue weighted by Crippen LogP contribution is 2.44. The molecule has 2 bridgehead atoms. The minimum Gasteiger partial charge on any atom is -0.459 e. The quantitative estimate of drug-likeness (QED) is 0.429. The lowest BCUT2D eigenvalue weighted by Gasteiger charge is -2.49. The van der Waals surface area contributed by atoms with Gasteiger partial charge in [-0.25, -0.2) is 4.79 Å². The lowest BCUT2D eigenvalue weighted by molar-refractivity contribution is -0.306. The molecule has 1 saturated carbocycles. The normalized spacial score (nSPS) is 39.2. The summed E-state index contributed by atoms with van der Waals surface area (Å²) >= 11 is 1.36. The second-order valence-corrected chi connectivity index (χ2v) is 11.6. The molecular formula is C28H41NO5S. The van der Waals surface area contributed by atoms with Gasteiger partial charge < -0.3 is 19.1 Å². The molecule has 1 aliphatic carbocycles. The van der Waals surface area contributed by atoms with Crippen molar-refractivity contribution in [3.8, 4) is 0 Å². The second kappa shape index (κ2) is 12.1. The van der Waals surface area contributed by atoms with Gasteiger partial charge in [-0.15, -0.1) is 0 Å². The molecule has 2 saturated heterocycles. The van der Waals surface area contributed by atoms with Crippen molar-refractivity contribution in [1.82, 2.24) is 4.90 Å². The second-order valence-electron chi connectivity index (χ2n) is 10.6. The van der Waals surface area contributed by atoms with E-state index in [2.05, 4.69) is 31.2 Å². The molecule has 0 spiro atoms. The molecule has 3 fully saturated rings. The Morgan fingerprint density at radius 3 is 2.69 bits per heavy atom. The Balaban J connectivity index is 1.60. The zero-order valence-electron chi connectivity index (χ0n) is 21.4. The number of nitrogens with zero attached hydrogens (tertiary/aromatic N) is 1. The van der Waals surface area contributed by atoms with E-state index in [-0.39, 0.29) is 35.5 Å². The highest BCUT2D eigenvalue weighted by molar-refractivity contribution is 8.13. The highest BCUT2D eigenvalue weighted by atomic mass is 32.2. The monoisotopic (exact) mass is 503 g/mol. The van der Waals surface area contributed by atoms with Crippen LogP contribution in [-0.2, 0) is 19.0 Å². The van der Waals surface area contributed by atoms with Crippen LogP contribution in [0.3, 0.4) is 0 Å². The SMILES string of the molecule is CO[C@]1([C@@H]2CSC(=O)N2C2CCCC2)C[C@H]2C[C@@H](CC[C@H](C)/C=C\C=C\CC/C(C)=C\C(=O)O2)O1. The number of ether oxygens (including phenoxy) is 3. The molecule has 0 aromatic carbocycles. The van der Waals surface area contributed by atoms with Crippen LogP contribution in [0.4, 0.5) is 4.79 Å². The number of carbonyl (C=O) groups excluding carboxylic acids is 2. The van der Waals surface area contributed by atoms with Gasteiger partial charge in [-0.1, -0.05) is 61.4 Å². The van der Waals surface area contributed by atoms with Gasteiger partial charge in [0, 0.05) is 37.8 Å². The van der Waals surface area contributed by atoms with Gasteiger partial charge in [-0.05, 0) is 51.4 Å². The van der Waals surface area contributed by atoms with Crippen LogP contribution in [-0.4, -0.2) is 59.0 Å². The Kier molecular flexibility index (Phi) is 9.17. The van der Waals surface area contributed by atoms with E-state index in [4.69, 9.17) is 14.2 Å². The molecule has 0 aromatic rings. The van der Waals surface area contributed by atoms with Crippen molar-refractivity contribution in [2.75, 3.05) is 12.9 Å². The van der Waals surface area contributed by atoms with E-state index in [1.165, 1.54) is 11.8 Å². The number of hydrogen-bond donors (Lipinski definition) is 0. The molecule has 4 rings (SSSR count). The fraction of sp³-hybridized carbons (Fsp3) is 0.714. The lowest BCUT2D eigenvalue weighted by atomic mass is 9.89. The molecular weight excluding hydrogens is 462 g/mol. The maximum atomic E-state index is 13.0. The first-order valence-electron chi connectivity index (χ1n) is 13.3. The Morgan fingerprint density at radius 2 is 1.91 bits per heavy atom. The first-order chi connectivity index (χ1) is 16.9.